The van der Waals surface area contributed by atoms with Crippen LogP contribution in [0.3, 0.4) is 0 Å². The third kappa shape index (κ3) is 9.54. The molecule has 1 amide bonds. The molecule has 4 atom stereocenters. The number of aliphatic hydroxyl groups excluding tert-OH is 1. The molecule has 0 radical (unpaired) electrons. The average Bonchev–Trinajstić information content (AvgIpc) is 2.97. The Bertz CT molecular complexity index is 1470. The van der Waals surface area contributed by atoms with Crippen LogP contribution in [0.4, 0.5) is 5.69 Å². The van der Waals surface area contributed by atoms with Gasteiger partial charge >= 0.3 is 0 Å². The lowest BCUT2D eigenvalue weighted by molar-refractivity contribution is -0.00833. The second kappa shape index (κ2) is 15.4. The molecule has 44 heavy (non-hydrogen) atoms. The maximum atomic E-state index is 14.1. The van der Waals surface area contributed by atoms with Crippen molar-refractivity contribution in [2.45, 2.75) is 63.2 Å². The predicted octanol–water partition coefficient (Wildman–Crippen LogP) is 3.18. The van der Waals surface area contributed by atoms with E-state index in [2.05, 4.69) is 4.72 Å². The molecule has 1 aliphatic heterocycles. The predicted molar refractivity (Wildman–Crippen MR) is 168 cm³/mol. The minimum atomic E-state index is -3.86. The summed E-state index contributed by atoms with van der Waals surface area (Å²) in [5.74, 6) is 0.0233. The van der Waals surface area contributed by atoms with Crippen molar-refractivity contribution in [1.29, 1.82) is 0 Å². The molecule has 1 heterocycles. The van der Waals surface area contributed by atoms with Crippen LogP contribution in [0.5, 0.6) is 11.5 Å². The summed E-state index contributed by atoms with van der Waals surface area (Å²) in [5, 5.41) is 10.1. The highest BCUT2D eigenvalue weighted by Crippen LogP contribution is 2.29. The number of rotatable bonds is 9. The van der Waals surface area contributed by atoms with Gasteiger partial charge in [-0.2, -0.15) is 4.31 Å². The number of nitrogens with one attached hydrogen (secondary N) is 1. The Morgan fingerprint density at radius 3 is 2.41 bits per heavy atom. The fourth-order valence-corrected chi connectivity index (χ4v) is 6.68. The molecule has 0 saturated carbocycles. The molecule has 0 bridgehead atoms. The van der Waals surface area contributed by atoms with Crippen LogP contribution >= 0.6 is 0 Å². The molecule has 12 nitrogen and oxygen atoms in total. The quantitative estimate of drug-likeness (QED) is 0.415. The summed E-state index contributed by atoms with van der Waals surface area (Å²) in [7, 11) is -4.47. The zero-order valence-corrected chi connectivity index (χ0v) is 27.9. The van der Waals surface area contributed by atoms with E-state index in [1.54, 1.807) is 25.1 Å². The number of amides is 1. The van der Waals surface area contributed by atoms with Gasteiger partial charge in [-0.15, -0.1) is 0 Å². The molecule has 0 fully saturated rings. The normalized spacial score (nSPS) is 21.6. The molecule has 0 spiro atoms. The number of hydrogen-bond donors (Lipinski definition) is 2. The van der Waals surface area contributed by atoms with Gasteiger partial charge in [0.05, 0.1) is 48.7 Å². The van der Waals surface area contributed by atoms with Crippen LogP contribution in [-0.2, 0) is 24.8 Å². The van der Waals surface area contributed by atoms with Crippen LogP contribution in [0.1, 0.15) is 50.4 Å². The summed E-state index contributed by atoms with van der Waals surface area (Å²) in [6.45, 7) is 5.68. The molecule has 0 unspecified atom stereocenters. The highest BCUT2D eigenvalue weighted by Gasteiger charge is 2.32. The Morgan fingerprint density at radius 2 is 1.80 bits per heavy atom. The Morgan fingerprint density at radius 1 is 1.11 bits per heavy atom. The number of hydrogen-bond acceptors (Lipinski definition) is 9. The van der Waals surface area contributed by atoms with Crippen molar-refractivity contribution in [3.05, 3.63) is 48.0 Å². The second-order valence-electron chi connectivity index (χ2n) is 11.3. The number of fused-ring (bicyclic) bond motifs is 1. The van der Waals surface area contributed by atoms with Gasteiger partial charge in [-0.3, -0.25) is 9.52 Å². The number of nitrogens with zero attached hydrogens (tertiary/aromatic N) is 2. The van der Waals surface area contributed by atoms with E-state index in [-0.39, 0.29) is 47.9 Å². The van der Waals surface area contributed by atoms with E-state index in [9.17, 15) is 26.7 Å². The van der Waals surface area contributed by atoms with Crippen LogP contribution in [0.2, 0.25) is 0 Å². The second-order valence-corrected chi connectivity index (χ2v) is 15.1. The SMILES string of the molecule is COc1ccc(S(=O)(=O)N(C)C[C@H]2OCCCC[C@H](C)Oc3ccc(NS(C)(=O)=O)cc3C(=O)N([C@@H](C)CO)C[C@H]2C)cc1. The highest BCUT2D eigenvalue weighted by atomic mass is 32.2. The topological polar surface area (TPSA) is 152 Å². The summed E-state index contributed by atoms with van der Waals surface area (Å²) in [6.07, 6.45) is 2.34. The zero-order valence-electron chi connectivity index (χ0n) is 26.2. The van der Waals surface area contributed by atoms with Crippen molar-refractivity contribution in [3.8, 4) is 11.5 Å². The van der Waals surface area contributed by atoms with Gasteiger partial charge in [0, 0.05) is 38.3 Å². The van der Waals surface area contributed by atoms with Crippen molar-refractivity contribution in [2.75, 3.05) is 51.4 Å². The fourth-order valence-electron chi connectivity index (χ4n) is 4.94. The van der Waals surface area contributed by atoms with Gasteiger partial charge in [0.15, 0.2) is 0 Å². The third-order valence-electron chi connectivity index (χ3n) is 7.56. The number of benzene rings is 2. The molecular formula is C30H45N3O9S2. The summed E-state index contributed by atoms with van der Waals surface area (Å²) >= 11 is 0. The lowest BCUT2D eigenvalue weighted by atomic mass is 10.0. The monoisotopic (exact) mass is 655 g/mol. The van der Waals surface area contributed by atoms with Crippen LogP contribution in [0, 0.1) is 5.92 Å². The molecule has 2 aromatic rings. The molecule has 3 rings (SSSR count). The fraction of sp³-hybridized carbons (Fsp3) is 0.567. The van der Waals surface area contributed by atoms with Crippen LogP contribution in [0.15, 0.2) is 47.4 Å². The van der Waals surface area contributed by atoms with Gasteiger partial charge in [0.1, 0.15) is 11.5 Å². The molecule has 2 aromatic carbocycles. The third-order valence-corrected chi connectivity index (χ3v) is 10.0. The summed E-state index contributed by atoms with van der Waals surface area (Å²) in [5.41, 5.74) is 0.347. The van der Waals surface area contributed by atoms with Crippen LogP contribution < -0.4 is 14.2 Å². The Hall–Kier alpha value is -2.91. The van der Waals surface area contributed by atoms with Gasteiger partial charge in [0.2, 0.25) is 20.0 Å². The molecule has 0 aliphatic carbocycles. The number of sulfonamides is 2. The van der Waals surface area contributed by atoms with Gasteiger partial charge in [-0.25, -0.2) is 16.8 Å². The van der Waals surface area contributed by atoms with E-state index in [4.69, 9.17) is 14.2 Å². The van der Waals surface area contributed by atoms with Gasteiger partial charge in [0.25, 0.3) is 5.91 Å². The molecule has 246 valence electrons. The van der Waals surface area contributed by atoms with Gasteiger partial charge < -0.3 is 24.2 Å². The minimum Gasteiger partial charge on any atom is -0.497 e. The lowest BCUT2D eigenvalue weighted by Gasteiger charge is -2.35. The van der Waals surface area contributed by atoms with E-state index < -0.39 is 38.1 Å². The van der Waals surface area contributed by atoms with Crippen LogP contribution in [-0.4, -0.2) is 102 Å². The first kappa shape index (κ1) is 35.6. The van der Waals surface area contributed by atoms with Crippen molar-refractivity contribution < 1.29 is 40.9 Å². The minimum absolute atomic E-state index is 0.0313. The van der Waals surface area contributed by atoms with Crippen molar-refractivity contribution in [3.63, 3.8) is 0 Å². The number of likely N-dealkylation sites (N-methyl/N-ethyl adjacent to an activating group) is 1. The summed E-state index contributed by atoms with van der Waals surface area (Å²) < 4.78 is 71.9. The molecule has 14 heteroatoms. The largest absolute Gasteiger partial charge is 0.497 e. The molecular weight excluding hydrogens is 610 g/mol. The van der Waals surface area contributed by atoms with E-state index in [0.717, 1.165) is 12.7 Å². The zero-order chi connectivity index (χ0) is 32.7. The number of methoxy groups -OCH3 is 1. The van der Waals surface area contributed by atoms with E-state index in [0.29, 0.717) is 30.9 Å². The highest BCUT2D eigenvalue weighted by molar-refractivity contribution is 7.92. The number of anilines is 1. The Labute approximate surface area is 261 Å². The smallest absolute Gasteiger partial charge is 0.258 e. The first-order chi connectivity index (χ1) is 20.7. The molecule has 0 saturated heterocycles. The first-order valence-corrected chi connectivity index (χ1v) is 17.9. The van der Waals surface area contributed by atoms with Crippen molar-refractivity contribution in [1.82, 2.24) is 9.21 Å². The number of carbonyl (C=O) groups excluding carboxylic acids is 1. The Kier molecular flexibility index (Phi) is 12.4. The summed E-state index contributed by atoms with van der Waals surface area (Å²) in [4.78, 5) is 15.7. The maximum Gasteiger partial charge on any atom is 0.258 e. The molecule has 2 N–H and O–H groups in total. The van der Waals surface area contributed by atoms with Crippen molar-refractivity contribution >= 4 is 31.6 Å². The van der Waals surface area contributed by atoms with E-state index >= 15 is 0 Å². The number of aliphatic hydroxyl groups is 1. The van der Waals surface area contributed by atoms with Gasteiger partial charge in [-0.05, 0) is 75.6 Å². The van der Waals surface area contributed by atoms with E-state index in [1.807, 2.05) is 13.8 Å². The molecule has 0 aromatic heterocycles. The lowest BCUT2D eigenvalue weighted by Crippen LogP contribution is -2.48. The molecule has 1 aliphatic rings. The number of carbonyl (C=O) groups is 1. The average molecular weight is 656 g/mol. The van der Waals surface area contributed by atoms with Crippen LogP contribution in [0.25, 0.3) is 0 Å². The number of ether oxygens (including phenoxy) is 3. The maximum absolute atomic E-state index is 14.1. The standard InChI is InChI=1S/C30H45N3O9S2/c1-21-18-33(22(2)20-34)30(35)27-17-24(31-43(6,36)37)10-15-28(27)42-23(3)9-7-8-16-41-29(21)19-32(4)44(38,39)26-13-11-25(40-5)12-14-26/h10-15,17,21-23,29,31,34H,7-9,16,18-20H2,1-6H3/t21-,22+,23+,29-/m1/s1. The van der Waals surface area contributed by atoms with E-state index in [1.165, 1.54) is 47.6 Å². The Balaban J connectivity index is 1.97. The van der Waals surface area contributed by atoms with Crippen molar-refractivity contribution in [2.24, 2.45) is 5.92 Å². The van der Waals surface area contributed by atoms with Gasteiger partial charge in [-0.1, -0.05) is 6.92 Å². The first-order valence-electron chi connectivity index (χ1n) is 14.6. The summed E-state index contributed by atoms with van der Waals surface area (Å²) in [6, 6.07) is 10.1.